The van der Waals surface area contributed by atoms with E-state index in [0.29, 0.717) is 5.92 Å². The summed E-state index contributed by atoms with van der Waals surface area (Å²) in [5, 5.41) is 0. The molecule has 1 aromatic rings. The summed E-state index contributed by atoms with van der Waals surface area (Å²) in [4.78, 5) is 5.80. The summed E-state index contributed by atoms with van der Waals surface area (Å²) in [6, 6.07) is 0. The van der Waals surface area contributed by atoms with Gasteiger partial charge in [0.2, 0.25) is 0 Å². The van der Waals surface area contributed by atoms with Crippen LogP contribution < -0.4 is 0 Å². The quantitative estimate of drug-likeness (QED) is 0.755. The fourth-order valence-corrected chi connectivity index (χ4v) is 3.78. The second-order valence-electron chi connectivity index (χ2n) is 4.68. The Bertz CT molecular complexity index is 361. The molecule has 0 N–H and O–H groups in total. The van der Waals surface area contributed by atoms with E-state index in [9.17, 15) is 0 Å². The zero-order valence-electron chi connectivity index (χ0n) is 9.57. The topological polar surface area (TPSA) is 31.4 Å². The molecule has 0 radical (unpaired) electrons. The van der Waals surface area contributed by atoms with E-state index in [4.69, 9.17) is 9.47 Å². The normalized spacial score (nSPS) is 25.3. The molecule has 0 amide bonds. The average Bonchev–Trinajstić information content (AvgIpc) is 2.90. The Balaban J connectivity index is 1.68. The van der Waals surface area contributed by atoms with Crippen molar-refractivity contribution in [2.45, 2.75) is 44.3 Å². The number of rotatable bonds is 1. The van der Waals surface area contributed by atoms with E-state index in [0.717, 1.165) is 26.1 Å². The summed E-state index contributed by atoms with van der Waals surface area (Å²) in [6.45, 7) is 3.65. The monoisotopic (exact) mass is 239 g/mol. The largest absolute Gasteiger partial charge is 0.348 e. The second-order valence-corrected chi connectivity index (χ2v) is 5.57. The summed E-state index contributed by atoms with van der Waals surface area (Å²) in [6.07, 6.45) is 4.41. The summed E-state index contributed by atoms with van der Waals surface area (Å²) < 4.78 is 11.5. The lowest BCUT2D eigenvalue weighted by atomic mass is 9.84. The molecular formula is C12H17NO2S. The van der Waals surface area contributed by atoms with E-state index in [2.05, 4.69) is 11.9 Å². The SMILES string of the molecule is Cc1ncsc1C1CCC2(CC1)OCCO2. The van der Waals surface area contributed by atoms with Crippen LogP contribution in [-0.2, 0) is 9.47 Å². The Hall–Kier alpha value is -0.450. The maximum absolute atomic E-state index is 5.74. The van der Waals surface area contributed by atoms with Crippen LogP contribution in [0.4, 0.5) is 0 Å². The van der Waals surface area contributed by atoms with Crippen LogP contribution in [0.2, 0.25) is 0 Å². The number of hydrogen-bond donors (Lipinski definition) is 0. The highest BCUT2D eigenvalue weighted by molar-refractivity contribution is 7.09. The third-order valence-electron chi connectivity index (χ3n) is 3.71. The molecule has 2 fully saturated rings. The molecule has 3 rings (SSSR count). The standard InChI is InChI=1S/C12H17NO2S/c1-9-11(16-8-13-9)10-2-4-12(5-3-10)14-6-7-15-12/h8,10H,2-7H2,1H3. The Morgan fingerprint density at radius 3 is 2.56 bits per heavy atom. The Kier molecular flexibility index (Phi) is 2.73. The van der Waals surface area contributed by atoms with E-state index in [1.165, 1.54) is 23.4 Å². The first-order valence-electron chi connectivity index (χ1n) is 5.97. The van der Waals surface area contributed by atoms with Crippen molar-refractivity contribution in [3.8, 4) is 0 Å². The van der Waals surface area contributed by atoms with Crippen LogP contribution in [0.15, 0.2) is 5.51 Å². The maximum Gasteiger partial charge on any atom is 0.168 e. The van der Waals surface area contributed by atoms with E-state index in [-0.39, 0.29) is 5.79 Å². The van der Waals surface area contributed by atoms with Gasteiger partial charge in [-0.15, -0.1) is 11.3 Å². The van der Waals surface area contributed by atoms with Crippen molar-refractivity contribution in [3.63, 3.8) is 0 Å². The molecule has 1 aliphatic heterocycles. The van der Waals surface area contributed by atoms with Crippen LogP contribution in [0.25, 0.3) is 0 Å². The number of aromatic nitrogens is 1. The van der Waals surface area contributed by atoms with Gasteiger partial charge >= 0.3 is 0 Å². The summed E-state index contributed by atoms with van der Waals surface area (Å²) in [5.74, 6) is 0.445. The molecular weight excluding hydrogens is 222 g/mol. The molecule has 0 aromatic carbocycles. The zero-order chi connectivity index (χ0) is 11.0. The number of nitrogens with zero attached hydrogens (tertiary/aromatic N) is 1. The van der Waals surface area contributed by atoms with Gasteiger partial charge in [-0.1, -0.05) is 0 Å². The van der Waals surface area contributed by atoms with Gasteiger partial charge in [0, 0.05) is 17.7 Å². The van der Waals surface area contributed by atoms with E-state index >= 15 is 0 Å². The van der Waals surface area contributed by atoms with Crippen LogP contribution in [0.5, 0.6) is 0 Å². The van der Waals surface area contributed by atoms with Crippen molar-refractivity contribution in [2.75, 3.05) is 13.2 Å². The first kappa shape index (κ1) is 10.7. The third-order valence-corrected chi connectivity index (χ3v) is 4.81. The predicted octanol–water partition coefficient (Wildman–Crippen LogP) is 2.85. The fraction of sp³-hybridized carbons (Fsp3) is 0.750. The van der Waals surface area contributed by atoms with Crippen LogP contribution in [0, 0.1) is 6.92 Å². The van der Waals surface area contributed by atoms with Crippen LogP contribution in [-0.4, -0.2) is 24.0 Å². The van der Waals surface area contributed by atoms with Crippen LogP contribution in [0.1, 0.15) is 42.2 Å². The lowest BCUT2D eigenvalue weighted by Gasteiger charge is -2.35. The van der Waals surface area contributed by atoms with Crippen molar-refractivity contribution in [2.24, 2.45) is 0 Å². The van der Waals surface area contributed by atoms with E-state index < -0.39 is 0 Å². The molecule has 0 bridgehead atoms. The molecule has 16 heavy (non-hydrogen) atoms. The van der Waals surface area contributed by atoms with E-state index in [1.807, 2.05) is 5.51 Å². The minimum Gasteiger partial charge on any atom is -0.348 e. The van der Waals surface area contributed by atoms with Gasteiger partial charge in [-0.3, -0.25) is 0 Å². The molecule has 88 valence electrons. The lowest BCUT2D eigenvalue weighted by Crippen LogP contribution is -2.34. The van der Waals surface area contributed by atoms with Crippen molar-refractivity contribution < 1.29 is 9.47 Å². The summed E-state index contributed by atoms with van der Waals surface area (Å²) >= 11 is 1.79. The first-order valence-corrected chi connectivity index (χ1v) is 6.85. The fourth-order valence-electron chi connectivity index (χ4n) is 2.81. The minimum atomic E-state index is -0.227. The maximum atomic E-state index is 5.74. The molecule has 4 heteroatoms. The van der Waals surface area contributed by atoms with Crippen molar-refractivity contribution in [3.05, 3.63) is 16.1 Å². The van der Waals surface area contributed by atoms with Gasteiger partial charge in [0.05, 0.1) is 24.4 Å². The number of thiazole rings is 1. The van der Waals surface area contributed by atoms with Gasteiger partial charge in [0.1, 0.15) is 0 Å². The van der Waals surface area contributed by atoms with Crippen molar-refractivity contribution >= 4 is 11.3 Å². The Morgan fingerprint density at radius 1 is 1.31 bits per heavy atom. The average molecular weight is 239 g/mol. The zero-order valence-corrected chi connectivity index (χ0v) is 10.4. The Labute approximate surface area is 99.8 Å². The van der Waals surface area contributed by atoms with Gasteiger partial charge < -0.3 is 9.47 Å². The molecule has 0 unspecified atom stereocenters. The van der Waals surface area contributed by atoms with Gasteiger partial charge in [0.25, 0.3) is 0 Å². The molecule has 2 heterocycles. The van der Waals surface area contributed by atoms with Crippen LogP contribution in [0.3, 0.4) is 0 Å². The molecule has 1 aliphatic carbocycles. The summed E-state index contributed by atoms with van der Waals surface area (Å²) in [7, 11) is 0. The van der Waals surface area contributed by atoms with Gasteiger partial charge in [-0.2, -0.15) is 0 Å². The highest BCUT2D eigenvalue weighted by Gasteiger charge is 2.41. The van der Waals surface area contributed by atoms with Gasteiger partial charge in [-0.25, -0.2) is 4.98 Å². The predicted molar refractivity (Wildman–Crippen MR) is 62.7 cm³/mol. The molecule has 3 nitrogen and oxygen atoms in total. The first-order chi connectivity index (χ1) is 7.79. The smallest absolute Gasteiger partial charge is 0.168 e. The molecule has 1 saturated heterocycles. The molecule has 2 aliphatic rings. The highest BCUT2D eigenvalue weighted by Crippen LogP contribution is 2.43. The number of hydrogen-bond acceptors (Lipinski definition) is 4. The van der Waals surface area contributed by atoms with Crippen LogP contribution >= 0.6 is 11.3 Å². The highest BCUT2D eigenvalue weighted by atomic mass is 32.1. The molecule has 0 atom stereocenters. The Morgan fingerprint density at radius 2 is 2.00 bits per heavy atom. The molecule has 1 saturated carbocycles. The summed E-state index contributed by atoms with van der Waals surface area (Å²) in [5.41, 5.74) is 3.16. The van der Waals surface area contributed by atoms with Crippen molar-refractivity contribution in [1.82, 2.24) is 4.98 Å². The molecule has 1 aromatic heterocycles. The number of ether oxygens (including phenoxy) is 2. The number of aryl methyl sites for hydroxylation is 1. The lowest BCUT2D eigenvalue weighted by molar-refractivity contribution is -0.178. The van der Waals surface area contributed by atoms with Crippen molar-refractivity contribution in [1.29, 1.82) is 0 Å². The minimum absolute atomic E-state index is 0.227. The third kappa shape index (κ3) is 1.79. The van der Waals surface area contributed by atoms with Gasteiger partial charge in [-0.05, 0) is 25.7 Å². The second kappa shape index (κ2) is 4.09. The van der Waals surface area contributed by atoms with E-state index in [1.54, 1.807) is 11.3 Å². The van der Waals surface area contributed by atoms with Gasteiger partial charge in [0.15, 0.2) is 5.79 Å². The molecule has 1 spiro atoms.